The third-order valence-corrected chi connectivity index (χ3v) is 5.88. The number of benzene rings is 1. The summed E-state index contributed by atoms with van der Waals surface area (Å²) in [5.74, 6) is 0.578. The summed E-state index contributed by atoms with van der Waals surface area (Å²) in [5.41, 5.74) is 1.82. The summed E-state index contributed by atoms with van der Waals surface area (Å²) in [6.07, 6.45) is 2.42. The Hall–Kier alpha value is -3.34. The Kier molecular flexibility index (Phi) is 8.10. The van der Waals surface area contributed by atoms with Crippen molar-refractivity contribution in [3.05, 3.63) is 35.3 Å². The first kappa shape index (κ1) is 24.3. The predicted octanol–water partition coefficient (Wildman–Crippen LogP) is 3.25. The Bertz CT molecular complexity index is 1160. The second kappa shape index (κ2) is 11.0. The maximum absolute atomic E-state index is 12.6. The van der Waals surface area contributed by atoms with Crippen LogP contribution < -0.4 is 10.2 Å². The van der Waals surface area contributed by atoms with Crippen LogP contribution in [0, 0.1) is 0 Å². The average molecular weight is 474 g/mol. The predicted molar refractivity (Wildman–Crippen MR) is 125 cm³/mol. The van der Waals surface area contributed by atoms with Crippen molar-refractivity contribution in [1.29, 1.82) is 0 Å². The highest BCUT2D eigenvalue weighted by Gasteiger charge is 2.26. The number of fused-ring (bicyclic) bond motifs is 1. The molecule has 0 spiro atoms. The summed E-state index contributed by atoms with van der Waals surface area (Å²) < 4.78 is 12.3. The van der Waals surface area contributed by atoms with Gasteiger partial charge in [0.2, 0.25) is 6.41 Å². The molecular formula is C22H27N5O5S. The van der Waals surface area contributed by atoms with Gasteiger partial charge in [-0.25, -0.2) is 14.8 Å². The molecular weight excluding hydrogens is 446 g/mol. The lowest BCUT2D eigenvalue weighted by Crippen LogP contribution is -2.28. The number of carbonyl (C=O) groups excluding carboxylic acids is 3. The number of amides is 2. The van der Waals surface area contributed by atoms with Crippen LogP contribution in [0.5, 0.6) is 0 Å². The van der Waals surface area contributed by atoms with Gasteiger partial charge in [0.05, 0.1) is 18.4 Å². The van der Waals surface area contributed by atoms with E-state index in [1.807, 2.05) is 13.8 Å². The molecule has 0 atom stereocenters. The molecule has 0 fully saturated rings. The van der Waals surface area contributed by atoms with Gasteiger partial charge in [-0.15, -0.1) is 0 Å². The number of oxazole rings is 1. The minimum absolute atomic E-state index is 0.309. The Labute approximate surface area is 195 Å². The maximum atomic E-state index is 12.6. The van der Waals surface area contributed by atoms with Gasteiger partial charge < -0.3 is 19.0 Å². The van der Waals surface area contributed by atoms with Gasteiger partial charge in [-0.2, -0.15) is 0 Å². The molecule has 176 valence electrons. The first-order valence-corrected chi connectivity index (χ1v) is 11.6. The number of hydrogen-bond donors (Lipinski definition) is 1. The molecule has 0 saturated carbocycles. The largest absolute Gasteiger partial charge is 0.465 e. The van der Waals surface area contributed by atoms with Crippen LogP contribution in [0.4, 0.5) is 5.82 Å². The van der Waals surface area contributed by atoms with Crippen LogP contribution in [-0.2, 0) is 21.8 Å². The van der Waals surface area contributed by atoms with Crippen molar-refractivity contribution in [1.82, 2.24) is 19.9 Å². The number of nitrogens with zero attached hydrogens (tertiary/aromatic N) is 4. The molecule has 0 radical (unpaired) electrons. The van der Waals surface area contributed by atoms with Crippen LogP contribution in [-0.4, -0.2) is 53.5 Å². The molecule has 0 aliphatic carbocycles. The zero-order chi connectivity index (χ0) is 24.0. The number of unbranched alkanes of at least 4 members (excludes halogenated alkanes) is 1. The number of rotatable bonds is 11. The molecule has 3 rings (SSSR count). The number of anilines is 1. The van der Waals surface area contributed by atoms with Crippen molar-refractivity contribution >= 4 is 47.0 Å². The lowest BCUT2D eigenvalue weighted by Gasteiger charge is -2.16. The number of thioether (sulfide) groups is 1. The molecule has 0 aliphatic rings. The van der Waals surface area contributed by atoms with Crippen molar-refractivity contribution in [2.75, 3.05) is 25.6 Å². The molecule has 1 N–H and O–H groups in total. The molecule has 3 aromatic rings. The van der Waals surface area contributed by atoms with E-state index in [9.17, 15) is 14.4 Å². The molecule has 11 heteroatoms. The maximum Gasteiger partial charge on any atom is 0.337 e. The zero-order valence-electron chi connectivity index (χ0n) is 19.1. The normalized spacial score (nSPS) is 10.9. The van der Waals surface area contributed by atoms with Crippen molar-refractivity contribution in [3.8, 4) is 0 Å². The number of esters is 1. The van der Waals surface area contributed by atoms with E-state index in [4.69, 9.17) is 9.15 Å². The van der Waals surface area contributed by atoms with E-state index in [0.717, 1.165) is 12.8 Å². The molecule has 33 heavy (non-hydrogen) atoms. The van der Waals surface area contributed by atoms with Gasteiger partial charge in [0.25, 0.3) is 11.1 Å². The second-order valence-corrected chi connectivity index (χ2v) is 8.05. The number of ether oxygens (including phenoxy) is 1. The molecule has 0 bridgehead atoms. The van der Waals surface area contributed by atoms with Gasteiger partial charge in [0.15, 0.2) is 17.1 Å². The average Bonchev–Trinajstić information content (AvgIpc) is 3.42. The highest BCUT2D eigenvalue weighted by Crippen LogP contribution is 2.29. The fourth-order valence-corrected chi connectivity index (χ4v) is 4.14. The first-order valence-electron chi connectivity index (χ1n) is 10.6. The highest BCUT2D eigenvalue weighted by molar-refractivity contribution is 7.98. The number of nitrogens with one attached hydrogen (secondary N) is 1. The van der Waals surface area contributed by atoms with E-state index < -0.39 is 5.97 Å². The fourth-order valence-electron chi connectivity index (χ4n) is 3.36. The van der Waals surface area contributed by atoms with Crippen LogP contribution in [0.15, 0.2) is 27.8 Å². The lowest BCUT2D eigenvalue weighted by atomic mass is 10.2. The summed E-state index contributed by atoms with van der Waals surface area (Å²) >= 11 is 1.31. The molecule has 0 saturated heterocycles. The van der Waals surface area contributed by atoms with Crippen LogP contribution in [0.2, 0.25) is 0 Å². The summed E-state index contributed by atoms with van der Waals surface area (Å²) in [7, 11) is 2.87. The molecule has 2 amide bonds. The Morgan fingerprint density at radius 1 is 1.30 bits per heavy atom. The SMILES string of the molecule is CCCCN(C=O)c1nc(CSc2nc3cc(C(=O)OC)ccc3o2)n(CC)c1C(=O)NC. The lowest BCUT2D eigenvalue weighted by molar-refractivity contribution is -0.107. The van der Waals surface area contributed by atoms with Crippen LogP contribution >= 0.6 is 11.8 Å². The van der Waals surface area contributed by atoms with E-state index in [1.165, 1.54) is 23.8 Å². The zero-order valence-corrected chi connectivity index (χ0v) is 19.9. The molecule has 2 aromatic heterocycles. The molecule has 0 unspecified atom stereocenters. The number of carbonyl (C=O) groups is 3. The monoisotopic (exact) mass is 473 g/mol. The van der Waals surface area contributed by atoms with Crippen LogP contribution in [0.3, 0.4) is 0 Å². The highest BCUT2D eigenvalue weighted by atomic mass is 32.2. The number of aromatic nitrogens is 3. The van der Waals surface area contributed by atoms with E-state index in [1.54, 1.807) is 29.8 Å². The summed E-state index contributed by atoms with van der Waals surface area (Å²) in [5, 5.41) is 3.04. The van der Waals surface area contributed by atoms with E-state index in [-0.39, 0.29) is 5.91 Å². The molecule has 1 aromatic carbocycles. The van der Waals surface area contributed by atoms with Crippen LogP contribution in [0.25, 0.3) is 11.1 Å². The Morgan fingerprint density at radius 3 is 2.73 bits per heavy atom. The van der Waals surface area contributed by atoms with Crippen molar-refractivity contribution in [3.63, 3.8) is 0 Å². The number of imidazole rings is 1. The first-order chi connectivity index (χ1) is 16.0. The third-order valence-electron chi connectivity index (χ3n) is 5.05. The van der Waals surface area contributed by atoms with Crippen molar-refractivity contribution < 1.29 is 23.5 Å². The number of methoxy groups -OCH3 is 1. The Morgan fingerprint density at radius 2 is 2.09 bits per heavy atom. The Balaban J connectivity index is 1.90. The van der Waals surface area contributed by atoms with Crippen LogP contribution in [0.1, 0.15) is 53.4 Å². The molecule has 10 nitrogen and oxygen atoms in total. The quantitative estimate of drug-likeness (QED) is 0.256. The summed E-state index contributed by atoms with van der Waals surface area (Å²) in [6.45, 7) is 4.92. The van der Waals surface area contributed by atoms with Gasteiger partial charge in [-0.3, -0.25) is 14.5 Å². The standard InChI is InChI=1S/C22H27N5O5S/c1-5-7-10-26(13-28)19-18(20(29)23-3)27(6-2)17(25-19)12-33-22-24-15-11-14(21(30)31-4)8-9-16(15)32-22/h8-9,11,13H,5-7,10,12H2,1-4H3,(H,23,29). The van der Waals surface area contributed by atoms with Gasteiger partial charge >= 0.3 is 5.97 Å². The van der Waals surface area contributed by atoms with Gasteiger partial charge in [-0.1, -0.05) is 25.1 Å². The minimum atomic E-state index is -0.448. The minimum Gasteiger partial charge on any atom is -0.465 e. The topological polar surface area (TPSA) is 120 Å². The van der Waals surface area contributed by atoms with E-state index in [2.05, 4.69) is 15.3 Å². The number of hydrogen-bond acceptors (Lipinski definition) is 8. The third kappa shape index (κ3) is 5.19. The summed E-state index contributed by atoms with van der Waals surface area (Å²) in [6, 6.07) is 4.89. The molecule has 2 heterocycles. The van der Waals surface area contributed by atoms with Crippen molar-refractivity contribution in [2.24, 2.45) is 0 Å². The smallest absolute Gasteiger partial charge is 0.337 e. The van der Waals surface area contributed by atoms with Crippen molar-refractivity contribution in [2.45, 2.75) is 44.2 Å². The second-order valence-electron chi connectivity index (χ2n) is 7.12. The van der Waals surface area contributed by atoms with E-state index in [0.29, 0.717) is 64.5 Å². The molecule has 0 aliphatic heterocycles. The van der Waals surface area contributed by atoms with Gasteiger partial charge in [0, 0.05) is 20.1 Å². The van der Waals surface area contributed by atoms with Gasteiger partial charge in [-0.05, 0) is 31.5 Å². The summed E-state index contributed by atoms with van der Waals surface area (Å²) in [4.78, 5) is 46.7. The van der Waals surface area contributed by atoms with Gasteiger partial charge in [0.1, 0.15) is 11.3 Å². The van der Waals surface area contributed by atoms with E-state index >= 15 is 0 Å². The fraction of sp³-hybridized carbons (Fsp3) is 0.409.